The van der Waals surface area contributed by atoms with Gasteiger partial charge in [0.25, 0.3) is 5.91 Å². The van der Waals surface area contributed by atoms with Gasteiger partial charge in [0.1, 0.15) is 11.2 Å². The highest BCUT2D eigenvalue weighted by Crippen LogP contribution is 2.38. The molecule has 5 rings (SSSR count). The second-order valence-corrected chi connectivity index (χ2v) is 10.6. The smallest absolute Gasteiger partial charge is 0.268 e. The zero-order valence-corrected chi connectivity index (χ0v) is 21.6. The van der Waals surface area contributed by atoms with Gasteiger partial charge in [-0.3, -0.25) is 14.6 Å². The first-order valence-electron chi connectivity index (χ1n) is 13.1. The minimum absolute atomic E-state index is 0.193. The van der Waals surface area contributed by atoms with Crippen molar-refractivity contribution in [2.45, 2.75) is 56.4 Å². The molecule has 2 amide bonds. The van der Waals surface area contributed by atoms with E-state index in [1.165, 1.54) is 6.42 Å². The van der Waals surface area contributed by atoms with E-state index in [-0.39, 0.29) is 17.2 Å². The summed E-state index contributed by atoms with van der Waals surface area (Å²) in [4.78, 5) is 35.2. The van der Waals surface area contributed by atoms with Crippen molar-refractivity contribution in [3.63, 3.8) is 0 Å². The van der Waals surface area contributed by atoms with Crippen LogP contribution in [-0.4, -0.2) is 38.4 Å². The van der Waals surface area contributed by atoms with Gasteiger partial charge in [0, 0.05) is 60.6 Å². The third kappa shape index (κ3) is 5.03. The van der Waals surface area contributed by atoms with Gasteiger partial charge in [0.15, 0.2) is 0 Å². The van der Waals surface area contributed by atoms with Crippen LogP contribution in [-0.2, 0) is 23.7 Å². The lowest BCUT2D eigenvalue weighted by Crippen LogP contribution is -2.60. The summed E-state index contributed by atoms with van der Waals surface area (Å²) in [5, 5.41) is 7.37. The quantitative estimate of drug-likeness (QED) is 0.331. The monoisotopic (exact) mass is 497 g/mol. The molecule has 1 aromatic carbocycles. The first-order valence-corrected chi connectivity index (χ1v) is 13.1. The molecule has 1 saturated carbocycles. The Morgan fingerprint density at radius 1 is 1.05 bits per heavy atom. The van der Waals surface area contributed by atoms with Gasteiger partial charge in [-0.05, 0) is 55.7 Å². The van der Waals surface area contributed by atoms with E-state index < -0.39 is 5.54 Å². The van der Waals surface area contributed by atoms with Gasteiger partial charge in [-0.25, -0.2) is 0 Å². The van der Waals surface area contributed by atoms with Crippen LogP contribution < -0.4 is 10.6 Å². The third-order valence-corrected chi connectivity index (χ3v) is 7.89. The zero-order chi connectivity index (χ0) is 25.9. The van der Waals surface area contributed by atoms with Gasteiger partial charge < -0.3 is 20.2 Å². The first-order chi connectivity index (χ1) is 17.9. The van der Waals surface area contributed by atoms with Gasteiger partial charge in [0.2, 0.25) is 5.91 Å². The van der Waals surface area contributed by atoms with E-state index in [0.717, 1.165) is 47.8 Å². The highest BCUT2D eigenvalue weighted by atomic mass is 16.2. The molecule has 0 saturated heterocycles. The molecule has 1 aliphatic rings. The van der Waals surface area contributed by atoms with Crippen molar-refractivity contribution in [1.29, 1.82) is 0 Å². The van der Waals surface area contributed by atoms with Crippen molar-refractivity contribution in [2.75, 3.05) is 6.54 Å². The summed E-state index contributed by atoms with van der Waals surface area (Å²) in [7, 11) is 1.83. The Kier molecular flexibility index (Phi) is 6.87. The number of aromatic amines is 1. The van der Waals surface area contributed by atoms with Gasteiger partial charge in [0.05, 0.1) is 0 Å². The molecule has 7 heteroatoms. The predicted molar refractivity (Wildman–Crippen MR) is 145 cm³/mol. The molecule has 7 nitrogen and oxygen atoms in total. The van der Waals surface area contributed by atoms with E-state index >= 15 is 0 Å². The van der Waals surface area contributed by atoms with Gasteiger partial charge in [-0.15, -0.1) is 0 Å². The molecule has 1 fully saturated rings. The van der Waals surface area contributed by atoms with Crippen LogP contribution in [0, 0.1) is 0 Å². The van der Waals surface area contributed by atoms with E-state index in [0.29, 0.717) is 18.7 Å². The van der Waals surface area contributed by atoms with Crippen molar-refractivity contribution in [3.05, 3.63) is 90.1 Å². The number of aromatic nitrogens is 3. The van der Waals surface area contributed by atoms with Crippen molar-refractivity contribution in [2.24, 2.45) is 7.05 Å². The molecule has 0 aliphatic heterocycles. The minimum Gasteiger partial charge on any atom is -0.361 e. The van der Waals surface area contributed by atoms with Crippen LogP contribution in [0.25, 0.3) is 10.9 Å². The molecule has 4 aromatic rings. The maximum Gasteiger partial charge on any atom is 0.268 e. The number of carbonyl (C=O) groups is 2. The molecule has 0 unspecified atom stereocenters. The fourth-order valence-corrected chi connectivity index (χ4v) is 5.72. The number of nitrogens with zero attached hydrogens (tertiary/aromatic N) is 2. The molecule has 3 N–H and O–H groups in total. The van der Waals surface area contributed by atoms with E-state index in [9.17, 15) is 9.59 Å². The summed E-state index contributed by atoms with van der Waals surface area (Å²) in [5.41, 5.74) is 2.17. The SMILES string of the molecule is Cn1cccc1C(=O)N[C@@](C)(Cc1c[nH]c2ccccc12)C(=O)NCC1(c2ccccn2)CCCCC1. The van der Waals surface area contributed by atoms with Crippen LogP contribution in [0.1, 0.15) is 60.8 Å². The number of rotatable bonds is 8. The van der Waals surface area contributed by atoms with Crippen LogP contribution in [0.15, 0.2) is 73.2 Å². The molecule has 0 bridgehead atoms. The molecular formula is C30H35N5O2. The van der Waals surface area contributed by atoms with E-state index in [1.807, 2.05) is 75.0 Å². The first kappa shape index (κ1) is 24.8. The Morgan fingerprint density at radius 3 is 2.57 bits per heavy atom. The van der Waals surface area contributed by atoms with Gasteiger partial charge in [-0.2, -0.15) is 0 Å². The number of aryl methyl sites for hydroxylation is 1. The molecule has 192 valence electrons. The van der Waals surface area contributed by atoms with Crippen LogP contribution >= 0.6 is 0 Å². The summed E-state index contributed by atoms with van der Waals surface area (Å²) in [6.07, 6.45) is 11.3. The van der Waals surface area contributed by atoms with Crippen LogP contribution in [0.3, 0.4) is 0 Å². The molecule has 37 heavy (non-hydrogen) atoms. The summed E-state index contributed by atoms with van der Waals surface area (Å²) in [6, 6.07) is 17.6. The van der Waals surface area contributed by atoms with E-state index in [4.69, 9.17) is 0 Å². The summed E-state index contributed by atoms with van der Waals surface area (Å²) in [5.74, 6) is -0.469. The third-order valence-electron chi connectivity index (χ3n) is 7.89. The number of nitrogens with one attached hydrogen (secondary N) is 3. The number of benzene rings is 1. The Bertz CT molecular complexity index is 1380. The summed E-state index contributed by atoms with van der Waals surface area (Å²) in [6.45, 7) is 2.31. The zero-order valence-electron chi connectivity index (χ0n) is 21.6. The number of hydrogen-bond acceptors (Lipinski definition) is 3. The Balaban J connectivity index is 1.43. The van der Waals surface area contributed by atoms with E-state index in [2.05, 4.69) is 26.7 Å². The number of amides is 2. The topological polar surface area (TPSA) is 91.8 Å². The maximum atomic E-state index is 14.0. The Labute approximate surface area is 217 Å². The second-order valence-electron chi connectivity index (χ2n) is 10.6. The predicted octanol–water partition coefficient (Wildman–Crippen LogP) is 4.65. The normalized spacial score (nSPS) is 16.7. The van der Waals surface area contributed by atoms with Crippen LogP contribution in [0.2, 0.25) is 0 Å². The Hall–Kier alpha value is -3.87. The largest absolute Gasteiger partial charge is 0.361 e. The van der Waals surface area contributed by atoms with Gasteiger partial charge in [-0.1, -0.05) is 43.5 Å². The summed E-state index contributed by atoms with van der Waals surface area (Å²) >= 11 is 0. The molecule has 3 heterocycles. The molecule has 3 aromatic heterocycles. The highest BCUT2D eigenvalue weighted by molar-refractivity contribution is 5.98. The minimum atomic E-state index is -1.16. The van der Waals surface area contributed by atoms with Crippen molar-refractivity contribution in [1.82, 2.24) is 25.2 Å². The standard InChI is InChI=1S/C30H35N5O2/c1-29(34-27(36)25-13-10-18-35(25)2,19-22-20-32-24-12-5-4-11-23(22)24)28(37)33-21-30(15-7-3-8-16-30)26-14-6-9-17-31-26/h4-6,9-14,17-18,20,32H,3,7-8,15-16,19,21H2,1-2H3,(H,33,37)(H,34,36)/t29-/m0/s1. The average Bonchev–Trinajstić information content (AvgIpc) is 3.54. The van der Waals surface area contributed by atoms with Crippen LogP contribution in [0.4, 0.5) is 0 Å². The molecular weight excluding hydrogens is 462 g/mol. The number of pyridine rings is 1. The fourth-order valence-electron chi connectivity index (χ4n) is 5.72. The molecule has 1 atom stereocenters. The number of H-pyrrole nitrogens is 1. The maximum absolute atomic E-state index is 14.0. The van der Waals surface area contributed by atoms with Crippen LogP contribution in [0.5, 0.6) is 0 Å². The second kappa shape index (κ2) is 10.2. The van der Waals surface area contributed by atoms with Crippen molar-refractivity contribution < 1.29 is 9.59 Å². The average molecular weight is 498 g/mol. The fraction of sp³-hybridized carbons (Fsp3) is 0.367. The molecule has 1 aliphatic carbocycles. The number of para-hydroxylation sites is 1. The lowest BCUT2D eigenvalue weighted by Gasteiger charge is -2.38. The lowest BCUT2D eigenvalue weighted by molar-refractivity contribution is -0.127. The number of carbonyl (C=O) groups excluding carboxylic acids is 2. The summed E-state index contributed by atoms with van der Waals surface area (Å²) < 4.78 is 1.76. The van der Waals surface area contributed by atoms with Gasteiger partial charge >= 0.3 is 0 Å². The van der Waals surface area contributed by atoms with Crippen molar-refractivity contribution in [3.8, 4) is 0 Å². The van der Waals surface area contributed by atoms with Crippen molar-refractivity contribution >= 4 is 22.7 Å². The van der Waals surface area contributed by atoms with E-state index in [1.54, 1.807) is 10.6 Å². The number of hydrogen-bond donors (Lipinski definition) is 3. The number of fused-ring (bicyclic) bond motifs is 1. The highest BCUT2D eigenvalue weighted by Gasteiger charge is 2.40. The molecule has 0 radical (unpaired) electrons. The molecule has 0 spiro atoms. The Morgan fingerprint density at radius 2 is 1.84 bits per heavy atom. The lowest BCUT2D eigenvalue weighted by atomic mass is 9.71.